The maximum absolute atomic E-state index is 13.1. The molecule has 0 bridgehead atoms. The molecule has 0 aromatic heterocycles. The first-order chi connectivity index (χ1) is 13.1. The van der Waals surface area contributed by atoms with Gasteiger partial charge >= 0.3 is 11.5 Å². The quantitative estimate of drug-likeness (QED) is 0.523. The third kappa shape index (κ3) is 4.48. The number of likely N-dealkylation sites (tertiary alicyclic amines) is 1. The molecule has 3 N–H and O–H groups in total. The van der Waals surface area contributed by atoms with E-state index in [1.54, 1.807) is 20.8 Å². The number of amides is 3. The molecule has 0 spiro atoms. The Morgan fingerprint density at radius 3 is 2.36 bits per heavy atom. The van der Waals surface area contributed by atoms with Crippen LogP contribution in [0.3, 0.4) is 0 Å². The van der Waals surface area contributed by atoms with E-state index in [4.69, 9.17) is 21.7 Å². The lowest BCUT2D eigenvalue weighted by Gasteiger charge is -2.28. The molecule has 1 heterocycles. The number of nitrogens with zero attached hydrogens (tertiary/aromatic N) is 1. The average molecular weight is 411 g/mol. The minimum Gasteiger partial charge on any atom is -0.450 e. The van der Waals surface area contributed by atoms with E-state index >= 15 is 0 Å². The summed E-state index contributed by atoms with van der Waals surface area (Å²) < 4.78 is 17.9. The summed E-state index contributed by atoms with van der Waals surface area (Å²) in [5.41, 5.74) is -0.717. The fourth-order valence-electron chi connectivity index (χ4n) is 2.66. The number of carbonyl (C=O) groups is 3. The number of halogens is 2. The maximum Gasteiger partial charge on any atom is 0.412 e. The molecule has 1 saturated heterocycles. The summed E-state index contributed by atoms with van der Waals surface area (Å²) in [6.07, 6.45) is -0.842. The van der Waals surface area contributed by atoms with Gasteiger partial charge in [-0.2, -0.15) is 0 Å². The predicted molar refractivity (Wildman–Crippen MR) is 101 cm³/mol. The van der Waals surface area contributed by atoms with Crippen molar-refractivity contribution in [2.75, 3.05) is 13.2 Å². The highest BCUT2D eigenvalue weighted by Gasteiger charge is 2.44. The molecular formula is C18H20ClFN4O4. The van der Waals surface area contributed by atoms with Crippen molar-refractivity contribution in [1.29, 1.82) is 5.41 Å². The lowest BCUT2D eigenvalue weighted by atomic mass is 9.97. The molecule has 0 radical (unpaired) electrons. The van der Waals surface area contributed by atoms with E-state index in [9.17, 15) is 18.8 Å². The maximum atomic E-state index is 13.1. The molecule has 0 saturated carbocycles. The molecule has 1 fully saturated rings. The topological polar surface area (TPSA) is 112 Å². The second kappa shape index (κ2) is 8.39. The Morgan fingerprint density at radius 2 is 1.86 bits per heavy atom. The highest BCUT2D eigenvalue weighted by Crippen LogP contribution is 2.31. The van der Waals surface area contributed by atoms with E-state index in [-0.39, 0.29) is 35.8 Å². The van der Waals surface area contributed by atoms with Crippen molar-refractivity contribution >= 4 is 34.7 Å². The van der Waals surface area contributed by atoms with Gasteiger partial charge in [0.1, 0.15) is 11.6 Å². The van der Waals surface area contributed by atoms with E-state index < -0.39 is 28.7 Å². The smallest absolute Gasteiger partial charge is 0.412 e. The summed E-state index contributed by atoms with van der Waals surface area (Å²) in [6, 6.07) is 4.79. The van der Waals surface area contributed by atoms with E-state index in [2.05, 4.69) is 10.6 Å². The number of nitrogens with one attached hydrogen (secondary N) is 3. The molecule has 1 aliphatic heterocycles. The SMILES string of the molecule is CCOC(=O)N/C(NC(=O)c1ccc(F)cc1)=C1/CN(C(=O)Cl)C(C)(C)C1=N. The first-order valence-electron chi connectivity index (χ1n) is 8.38. The van der Waals surface area contributed by atoms with Gasteiger partial charge in [0.2, 0.25) is 0 Å². The molecule has 10 heteroatoms. The van der Waals surface area contributed by atoms with E-state index in [0.29, 0.717) is 0 Å². The van der Waals surface area contributed by atoms with Gasteiger partial charge in [-0.3, -0.25) is 14.9 Å². The molecule has 0 atom stereocenters. The van der Waals surface area contributed by atoms with Crippen molar-refractivity contribution in [3.05, 3.63) is 47.0 Å². The van der Waals surface area contributed by atoms with Crippen LogP contribution in [0.5, 0.6) is 0 Å². The zero-order valence-electron chi connectivity index (χ0n) is 15.6. The van der Waals surface area contributed by atoms with Gasteiger partial charge in [-0.25, -0.2) is 9.18 Å². The lowest BCUT2D eigenvalue weighted by molar-refractivity contribution is 0.0962. The molecule has 28 heavy (non-hydrogen) atoms. The van der Waals surface area contributed by atoms with Crippen LogP contribution in [0.15, 0.2) is 35.7 Å². The zero-order valence-corrected chi connectivity index (χ0v) is 16.3. The molecule has 3 amide bonds. The van der Waals surface area contributed by atoms with E-state index in [1.165, 1.54) is 17.0 Å². The fraction of sp³-hybridized carbons (Fsp3) is 0.333. The summed E-state index contributed by atoms with van der Waals surface area (Å²) in [7, 11) is 0. The number of hydrogen-bond donors (Lipinski definition) is 3. The van der Waals surface area contributed by atoms with Crippen LogP contribution in [0.1, 0.15) is 31.1 Å². The van der Waals surface area contributed by atoms with Crippen molar-refractivity contribution in [2.24, 2.45) is 0 Å². The second-order valence-electron chi connectivity index (χ2n) is 6.43. The van der Waals surface area contributed by atoms with Crippen molar-refractivity contribution in [2.45, 2.75) is 26.3 Å². The standard InChI is InChI=1S/C18H20ClFN4O4/c1-4-28-17(27)23-14(22-15(25)10-5-7-11(20)8-6-10)12-9-24(16(19)26)18(2,3)13(12)21/h5-8,21H,4,9H2,1-3H3,(H,22,25)(H,23,27)/b14-12-,21-13?. The first kappa shape index (κ1) is 21.4. The van der Waals surface area contributed by atoms with Gasteiger partial charge in [-0.15, -0.1) is 0 Å². The molecule has 1 aliphatic rings. The van der Waals surface area contributed by atoms with Gasteiger partial charge in [0.25, 0.3) is 5.91 Å². The van der Waals surface area contributed by atoms with Crippen molar-refractivity contribution < 1.29 is 23.5 Å². The van der Waals surface area contributed by atoms with Crippen LogP contribution in [0.4, 0.5) is 14.0 Å². The molecule has 2 rings (SSSR count). The minimum atomic E-state index is -1.05. The minimum absolute atomic E-state index is 0.00676. The predicted octanol–water partition coefficient (Wildman–Crippen LogP) is 2.99. The van der Waals surface area contributed by atoms with E-state index in [1.807, 2.05) is 0 Å². The Morgan fingerprint density at radius 1 is 1.25 bits per heavy atom. The van der Waals surface area contributed by atoms with Crippen LogP contribution in [-0.2, 0) is 4.74 Å². The van der Waals surface area contributed by atoms with Crippen LogP contribution in [-0.4, -0.2) is 46.7 Å². The molecule has 1 aromatic rings. The first-order valence-corrected chi connectivity index (χ1v) is 8.76. The van der Waals surface area contributed by atoms with Crippen LogP contribution in [0.2, 0.25) is 0 Å². The van der Waals surface area contributed by atoms with Gasteiger partial charge in [-0.1, -0.05) is 0 Å². The number of ether oxygens (including phenoxy) is 1. The Bertz CT molecular complexity index is 852. The number of carbonyl (C=O) groups excluding carboxylic acids is 3. The third-order valence-electron chi connectivity index (χ3n) is 4.27. The highest BCUT2D eigenvalue weighted by molar-refractivity contribution is 6.63. The molecule has 1 aromatic carbocycles. The second-order valence-corrected chi connectivity index (χ2v) is 6.76. The lowest BCUT2D eigenvalue weighted by Crippen LogP contribution is -2.44. The summed E-state index contributed by atoms with van der Waals surface area (Å²) in [4.78, 5) is 37.4. The summed E-state index contributed by atoms with van der Waals surface area (Å²) in [5, 5.41) is 12.5. The zero-order chi connectivity index (χ0) is 21.1. The Hall–Kier alpha value is -2.94. The van der Waals surface area contributed by atoms with Crippen LogP contribution < -0.4 is 10.6 Å². The normalized spacial score (nSPS) is 17.2. The summed E-state index contributed by atoms with van der Waals surface area (Å²) in [5.74, 6) is -1.25. The Balaban J connectivity index is 2.41. The fourth-order valence-corrected chi connectivity index (χ4v) is 2.93. The largest absolute Gasteiger partial charge is 0.450 e. The van der Waals surface area contributed by atoms with Gasteiger partial charge in [0.15, 0.2) is 0 Å². The number of benzene rings is 1. The molecule has 0 aliphatic carbocycles. The van der Waals surface area contributed by atoms with Crippen LogP contribution in [0, 0.1) is 11.2 Å². The number of hydrogen-bond acceptors (Lipinski definition) is 5. The average Bonchev–Trinajstić information content (AvgIpc) is 2.85. The van der Waals surface area contributed by atoms with Crippen LogP contribution >= 0.6 is 11.6 Å². The van der Waals surface area contributed by atoms with Crippen molar-refractivity contribution in [1.82, 2.24) is 15.5 Å². The molecule has 150 valence electrons. The van der Waals surface area contributed by atoms with Gasteiger partial charge < -0.3 is 20.4 Å². The summed E-state index contributed by atoms with van der Waals surface area (Å²) in [6.45, 7) is 4.84. The molecule has 0 unspecified atom stereocenters. The Kier molecular flexibility index (Phi) is 6.40. The monoisotopic (exact) mass is 410 g/mol. The van der Waals surface area contributed by atoms with Crippen molar-refractivity contribution in [3.8, 4) is 0 Å². The van der Waals surface area contributed by atoms with Gasteiger partial charge in [0, 0.05) is 11.1 Å². The molecular weight excluding hydrogens is 391 g/mol. The third-order valence-corrected chi connectivity index (χ3v) is 4.47. The van der Waals surface area contributed by atoms with Crippen molar-refractivity contribution in [3.63, 3.8) is 0 Å². The number of alkyl carbamates (subject to hydrolysis) is 1. The van der Waals surface area contributed by atoms with E-state index in [0.717, 1.165) is 12.1 Å². The summed E-state index contributed by atoms with van der Waals surface area (Å²) >= 11 is 5.61. The van der Waals surface area contributed by atoms with Crippen LogP contribution in [0.25, 0.3) is 0 Å². The Labute approximate surface area is 166 Å². The highest BCUT2D eigenvalue weighted by atomic mass is 35.5. The van der Waals surface area contributed by atoms with Gasteiger partial charge in [0.05, 0.1) is 24.4 Å². The number of rotatable bonds is 4. The molecule has 8 nitrogen and oxygen atoms in total. The van der Waals surface area contributed by atoms with Gasteiger partial charge in [-0.05, 0) is 56.6 Å².